The first-order chi connectivity index (χ1) is 8.49. The van der Waals surface area contributed by atoms with Crippen molar-refractivity contribution in [1.82, 2.24) is 10.2 Å². The summed E-state index contributed by atoms with van der Waals surface area (Å²) in [6.07, 6.45) is 5.99. The number of nitrogens with zero attached hydrogens (tertiary/aromatic N) is 1. The van der Waals surface area contributed by atoms with E-state index in [0.717, 1.165) is 11.3 Å². The first-order valence-corrected chi connectivity index (χ1v) is 5.93. The van der Waals surface area contributed by atoms with Crippen LogP contribution >= 0.6 is 0 Å². The number of carboxylic acid groups (broad SMARTS) is 1. The second-order valence-electron chi connectivity index (χ2n) is 4.35. The Bertz CT molecular complexity index is 364. The van der Waals surface area contributed by atoms with Crippen LogP contribution in [-0.2, 0) is 4.79 Å². The molecule has 0 aromatic carbocycles. The number of carbonyl (C=O) groups excluding carboxylic acids is 1. The SMILES string of the molecule is C#CC(CCC)NC(=O)N1C[C@@H](O)C[C@H]1C(=O)O. The number of aliphatic hydroxyl groups is 1. The fourth-order valence-corrected chi connectivity index (χ4v) is 1.99. The number of likely N-dealkylation sites (tertiary alicyclic amines) is 1. The average Bonchev–Trinajstić information content (AvgIpc) is 2.71. The zero-order chi connectivity index (χ0) is 13.7. The van der Waals surface area contributed by atoms with Crippen LogP contribution in [0.3, 0.4) is 0 Å². The van der Waals surface area contributed by atoms with E-state index in [0.29, 0.717) is 6.42 Å². The Morgan fingerprint density at radius 2 is 2.28 bits per heavy atom. The number of amides is 2. The molecule has 1 saturated heterocycles. The molecule has 0 aromatic rings. The third-order valence-electron chi connectivity index (χ3n) is 2.90. The van der Waals surface area contributed by atoms with Crippen molar-refractivity contribution in [1.29, 1.82) is 0 Å². The van der Waals surface area contributed by atoms with Crippen LogP contribution in [0, 0.1) is 12.3 Å². The Labute approximate surface area is 106 Å². The van der Waals surface area contributed by atoms with Gasteiger partial charge in [0.05, 0.1) is 12.1 Å². The fraction of sp³-hybridized carbons (Fsp3) is 0.667. The number of carbonyl (C=O) groups is 2. The molecule has 100 valence electrons. The molecule has 0 bridgehead atoms. The number of hydrogen-bond donors (Lipinski definition) is 3. The minimum atomic E-state index is -1.12. The topological polar surface area (TPSA) is 89.9 Å². The highest BCUT2D eigenvalue weighted by atomic mass is 16.4. The lowest BCUT2D eigenvalue weighted by molar-refractivity contribution is -0.141. The Morgan fingerprint density at radius 1 is 1.61 bits per heavy atom. The van der Waals surface area contributed by atoms with Crippen LogP contribution in [-0.4, -0.2) is 51.8 Å². The molecule has 0 spiro atoms. The number of β-amino-alcohol motifs (C(OH)–C–C–N with tert-alkyl or cyclic N) is 1. The van der Waals surface area contributed by atoms with Crippen LogP contribution in [0.2, 0.25) is 0 Å². The van der Waals surface area contributed by atoms with E-state index in [9.17, 15) is 14.7 Å². The van der Waals surface area contributed by atoms with Gasteiger partial charge in [0.15, 0.2) is 0 Å². The van der Waals surface area contributed by atoms with Crippen molar-refractivity contribution in [3.05, 3.63) is 0 Å². The summed E-state index contributed by atoms with van der Waals surface area (Å²) in [6.45, 7) is 1.96. The molecule has 1 unspecified atom stereocenters. The molecule has 2 amide bonds. The highest BCUT2D eigenvalue weighted by molar-refractivity contribution is 5.83. The van der Waals surface area contributed by atoms with Gasteiger partial charge < -0.3 is 20.4 Å². The van der Waals surface area contributed by atoms with Crippen LogP contribution in [0.5, 0.6) is 0 Å². The Morgan fingerprint density at radius 3 is 2.78 bits per heavy atom. The molecule has 6 heteroatoms. The number of nitrogens with one attached hydrogen (secondary N) is 1. The maximum atomic E-state index is 11.9. The third-order valence-corrected chi connectivity index (χ3v) is 2.90. The lowest BCUT2D eigenvalue weighted by Gasteiger charge is -2.23. The van der Waals surface area contributed by atoms with Gasteiger partial charge >= 0.3 is 12.0 Å². The van der Waals surface area contributed by atoms with Crippen molar-refractivity contribution >= 4 is 12.0 Å². The molecular weight excluding hydrogens is 236 g/mol. The molecule has 1 rings (SSSR count). The van der Waals surface area contributed by atoms with Crippen molar-refractivity contribution in [2.24, 2.45) is 0 Å². The van der Waals surface area contributed by atoms with Gasteiger partial charge in [0.1, 0.15) is 6.04 Å². The van der Waals surface area contributed by atoms with Gasteiger partial charge in [-0.1, -0.05) is 19.3 Å². The molecule has 0 saturated carbocycles. The van der Waals surface area contributed by atoms with Gasteiger partial charge in [-0.05, 0) is 6.42 Å². The van der Waals surface area contributed by atoms with Crippen molar-refractivity contribution in [3.63, 3.8) is 0 Å². The van der Waals surface area contributed by atoms with E-state index in [1.165, 1.54) is 0 Å². The zero-order valence-electron chi connectivity index (χ0n) is 10.3. The van der Waals surface area contributed by atoms with Gasteiger partial charge in [0.2, 0.25) is 0 Å². The monoisotopic (exact) mass is 254 g/mol. The molecule has 0 radical (unpaired) electrons. The zero-order valence-corrected chi connectivity index (χ0v) is 10.3. The first-order valence-electron chi connectivity index (χ1n) is 5.93. The molecule has 1 fully saturated rings. The van der Waals surface area contributed by atoms with Crippen LogP contribution in [0.15, 0.2) is 0 Å². The van der Waals surface area contributed by atoms with Crippen molar-refractivity contribution < 1.29 is 19.8 Å². The van der Waals surface area contributed by atoms with Gasteiger partial charge in [0.25, 0.3) is 0 Å². The Hall–Kier alpha value is -1.74. The van der Waals surface area contributed by atoms with Gasteiger partial charge in [-0.3, -0.25) is 0 Å². The van der Waals surface area contributed by atoms with Crippen molar-refractivity contribution in [3.8, 4) is 12.3 Å². The average molecular weight is 254 g/mol. The number of urea groups is 1. The summed E-state index contributed by atoms with van der Waals surface area (Å²) in [7, 11) is 0. The predicted octanol–water partition coefficient (Wildman–Crippen LogP) is 0.0177. The lowest BCUT2D eigenvalue weighted by Crippen LogP contribution is -2.49. The number of aliphatic hydroxyl groups excluding tert-OH is 1. The molecule has 1 aliphatic rings. The summed E-state index contributed by atoms with van der Waals surface area (Å²) >= 11 is 0. The fourth-order valence-electron chi connectivity index (χ4n) is 1.99. The first kappa shape index (κ1) is 14.3. The van der Waals surface area contributed by atoms with E-state index in [2.05, 4.69) is 11.2 Å². The molecule has 1 aliphatic heterocycles. The van der Waals surface area contributed by atoms with Gasteiger partial charge in [-0.15, -0.1) is 6.42 Å². The van der Waals surface area contributed by atoms with Gasteiger partial charge in [-0.2, -0.15) is 0 Å². The number of carboxylic acids is 1. The van der Waals surface area contributed by atoms with Crippen LogP contribution < -0.4 is 5.32 Å². The molecular formula is C12H18N2O4. The predicted molar refractivity (Wildman–Crippen MR) is 64.8 cm³/mol. The summed E-state index contributed by atoms with van der Waals surface area (Å²) in [4.78, 5) is 24.0. The van der Waals surface area contributed by atoms with E-state index < -0.39 is 30.2 Å². The van der Waals surface area contributed by atoms with Gasteiger partial charge in [0, 0.05) is 13.0 Å². The molecule has 18 heavy (non-hydrogen) atoms. The largest absolute Gasteiger partial charge is 0.480 e. The quantitative estimate of drug-likeness (QED) is 0.617. The van der Waals surface area contributed by atoms with Crippen molar-refractivity contribution in [2.75, 3.05) is 6.54 Å². The van der Waals surface area contributed by atoms with Crippen LogP contribution in [0.4, 0.5) is 4.79 Å². The third kappa shape index (κ3) is 3.37. The Balaban J connectivity index is 2.65. The molecule has 3 N–H and O–H groups in total. The van der Waals surface area contributed by atoms with E-state index in [1.807, 2.05) is 6.92 Å². The maximum Gasteiger partial charge on any atom is 0.326 e. The molecule has 3 atom stereocenters. The summed E-state index contributed by atoms with van der Waals surface area (Å²) < 4.78 is 0. The molecule has 0 aliphatic carbocycles. The van der Waals surface area contributed by atoms with Crippen LogP contribution in [0.1, 0.15) is 26.2 Å². The highest BCUT2D eigenvalue weighted by Gasteiger charge is 2.39. The second-order valence-corrected chi connectivity index (χ2v) is 4.35. The standard InChI is InChI=1S/C12H18N2O4/c1-3-5-8(4-2)13-12(18)14-7-9(15)6-10(14)11(16)17/h2,8-10,15H,3,5-7H2,1H3,(H,13,18)(H,16,17)/t8?,9-,10-/m0/s1. The van der Waals surface area contributed by atoms with E-state index in [-0.39, 0.29) is 13.0 Å². The lowest BCUT2D eigenvalue weighted by atomic mass is 10.2. The molecule has 0 aromatic heterocycles. The number of rotatable bonds is 4. The summed E-state index contributed by atoms with van der Waals surface area (Å²) in [5.41, 5.74) is 0. The minimum absolute atomic E-state index is 0.0201. The maximum absolute atomic E-state index is 11.9. The van der Waals surface area contributed by atoms with E-state index in [4.69, 9.17) is 11.5 Å². The number of terminal acetylenes is 1. The Kier molecular flexibility index (Phi) is 4.98. The van der Waals surface area contributed by atoms with E-state index in [1.54, 1.807) is 0 Å². The minimum Gasteiger partial charge on any atom is -0.480 e. The smallest absolute Gasteiger partial charge is 0.326 e. The molecule has 1 heterocycles. The van der Waals surface area contributed by atoms with Crippen LogP contribution in [0.25, 0.3) is 0 Å². The second kappa shape index (κ2) is 6.26. The molecule has 6 nitrogen and oxygen atoms in total. The van der Waals surface area contributed by atoms with Crippen molar-refractivity contribution in [2.45, 2.75) is 44.4 Å². The van der Waals surface area contributed by atoms with E-state index >= 15 is 0 Å². The summed E-state index contributed by atoms with van der Waals surface area (Å²) in [6, 6.07) is -1.93. The normalized spacial score (nSPS) is 24.4. The highest BCUT2D eigenvalue weighted by Crippen LogP contribution is 2.18. The number of aliphatic carboxylic acids is 1. The number of hydrogen-bond acceptors (Lipinski definition) is 3. The summed E-state index contributed by atoms with van der Waals surface area (Å²) in [5.74, 6) is 1.33. The van der Waals surface area contributed by atoms with Gasteiger partial charge in [-0.25, -0.2) is 9.59 Å². The summed E-state index contributed by atoms with van der Waals surface area (Å²) in [5, 5.41) is 21.0.